The highest BCUT2D eigenvalue weighted by Crippen LogP contribution is 2.47. The molecule has 0 aliphatic heterocycles. The number of nitrogens with zero attached hydrogens (tertiary/aromatic N) is 1. The van der Waals surface area contributed by atoms with Crippen LogP contribution in [0, 0.1) is 17.8 Å². The van der Waals surface area contributed by atoms with Crippen molar-refractivity contribution in [1.82, 2.24) is 5.32 Å². The Kier molecular flexibility index (Phi) is 5.60. The summed E-state index contributed by atoms with van der Waals surface area (Å²) < 4.78 is 0. The number of fused-ring (bicyclic) bond motifs is 2. The Morgan fingerprint density at radius 1 is 1.15 bits per heavy atom. The zero-order valence-corrected chi connectivity index (χ0v) is 15.8. The lowest BCUT2D eigenvalue weighted by molar-refractivity contribution is -0.122. The van der Waals surface area contributed by atoms with E-state index in [9.17, 15) is 14.7 Å². The van der Waals surface area contributed by atoms with Gasteiger partial charge in [0.1, 0.15) is 5.78 Å². The molecule has 1 aromatic rings. The molecule has 3 aliphatic carbocycles. The van der Waals surface area contributed by atoms with E-state index < -0.39 is 0 Å². The van der Waals surface area contributed by atoms with Crippen molar-refractivity contribution in [2.24, 2.45) is 17.8 Å². The standard InChI is InChI=1S/C22H30N2O3/c25-14-19-17-12-21(26)18(19)11-20(17)23-13-22(27)24(15-7-3-1-4-8-15)16-9-5-2-6-10-16/h1,3-4,7-8,16-20,23,25H,2,5-6,9-14H2. The van der Waals surface area contributed by atoms with Crippen LogP contribution in [0.4, 0.5) is 5.69 Å². The minimum absolute atomic E-state index is 0.0174. The molecule has 27 heavy (non-hydrogen) atoms. The second-order valence-corrected chi connectivity index (χ2v) is 8.40. The van der Waals surface area contributed by atoms with Crippen molar-refractivity contribution in [3.8, 4) is 0 Å². The van der Waals surface area contributed by atoms with Crippen LogP contribution in [0.3, 0.4) is 0 Å². The second kappa shape index (κ2) is 8.11. The van der Waals surface area contributed by atoms with E-state index in [-0.39, 0.29) is 48.1 Å². The lowest BCUT2D eigenvalue weighted by Crippen LogP contribution is -2.48. The third-order valence-electron chi connectivity index (χ3n) is 6.91. The number of carbonyl (C=O) groups excluding carboxylic acids is 2. The van der Waals surface area contributed by atoms with Gasteiger partial charge in [-0.2, -0.15) is 0 Å². The molecule has 0 saturated heterocycles. The quantitative estimate of drug-likeness (QED) is 0.807. The number of aliphatic hydroxyl groups excluding tert-OH is 1. The Hall–Kier alpha value is -1.72. The molecule has 3 saturated carbocycles. The molecular weight excluding hydrogens is 340 g/mol. The normalized spacial score (nSPS) is 30.6. The van der Waals surface area contributed by atoms with Gasteiger partial charge in [-0.25, -0.2) is 0 Å². The number of ketones is 1. The van der Waals surface area contributed by atoms with Crippen LogP contribution in [-0.2, 0) is 9.59 Å². The van der Waals surface area contributed by atoms with Crippen LogP contribution in [0.2, 0.25) is 0 Å². The number of para-hydroxylation sites is 1. The lowest BCUT2D eigenvalue weighted by atomic mass is 9.93. The summed E-state index contributed by atoms with van der Waals surface area (Å²) in [5.41, 5.74) is 0.979. The third kappa shape index (κ3) is 3.67. The van der Waals surface area contributed by atoms with E-state index in [2.05, 4.69) is 5.32 Å². The average molecular weight is 370 g/mol. The van der Waals surface area contributed by atoms with Crippen LogP contribution >= 0.6 is 0 Å². The van der Waals surface area contributed by atoms with Crippen molar-refractivity contribution in [2.45, 2.75) is 57.0 Å². The number of anilines is 1. The second-order valence-electron chi connectivity index (χ2n) is 8.40. The third-order valence-corrected chi connectivity index (χ3v) is 6.91. The maximum Gasteiger partial charge on any atom is 0.241 e. The van der Waals surface area contributed by atoms with E-state index in [1.165, 1.54) is 19.3 Å². The maximum absolute atomic E-state index is 13.2. The van der Waals surface area contributed by atoms with E-state index in [4.69, 9.17) is 0 Å². The number of Topliss-reactive ketones (excluding diaryl/α,β-unsaturated/α-hetero) is 1. The van der Waals surface area contributed by atoms with Gasteiger partial charge in [-0.3, -0.25) is 9.59 Å². The molecule has 1 amide bonds. The number of hydrogen-bond donors (Lipinski definition) is 2. The van der Waals surface area contributed by atoms with Gasteiger partial charge in [-0.15, -0.1) is 0 Å². The summed E-state index contributed by atoms with van der Waals surface area (Å²) in [6.07, 6.45) is 7.06. The molecule has 0 aromatic heterocycles. The molecular formula is C22H30N2O3. The number of rotatable bonds is 6. The van der Waals surface area contributed by atoms with Gasteiger partial charge in [0.15, 0.2) is 0 Å². The highest BCUT2D eigenvalue weighted by Gasteiger charge is 2.52. The van der Waals surface area contributed by atoms with Crippen LogP contribution in [0.5, 0.6) is 0 Å². The molecule has 146 valence electrons. The zero-order valence-electron chi connectivity index (χ0n) is 15.8. The summed E-state index contributed by atoms with van der Waals surface area (Å²) >= 11 is 0. The van der Waals surface area contributed by atoms with Crippen LogP contribution in [-0.4, -0.2) is 42.0 Å². The number of carbonyl (C=O) groups is 2. The summed E-state index contributed by atoms with van der Waals surface area (Å²) in [5, 5.41) is 13.0. The van der Waals surface area contributed by atoms with Crippen molar-refractivity contribution in [3.05, 3.63) is 30.3 Å². The predicted molar refractivity (Wildman–Crippen MR) is 104 cm³/mol. The van der Waals surface area contributed by atoms with E-state index in [1.54, 1.807) is 0 Å². The monoisotopic (exact) mass is 370 g/mol. The smallest absolute Gasteiger partial charge is 0.241 e. The maximum atomic E-state index is 13.2. The van der Waals surface area contributed by atoms with Crippen LogP contribution in [0.15, 0.2) is 30.3 Å². The Balaban J connectivity index is 1.42. The molecule has 4 atom stereocenters. The fourth-order valence-electron chi connectivity index (χ4n) is 5.55. The molecule has 4 unspecified atom stereocenters. The first-order valence-corrected chi connectivity index (χ1v) is 10.4. The first kappa shape index (κ1) is 18.6. The molecule has 4 rings (SSSR count). The van der Waals surface area contributed by atoms with Gasteiger partial charge in [0, 0.05) is 36.7 Å². The Bertz CT molecular complexity index is 671. The molecule has 0 spiro atoms. The number of aliphatic hydroxyl groups is 1. The minimum Gasteiger partial charge on any atom is -0.396 e. The van der Waals surface area contributed by atoms with Crippen molar-refractivity contribution in [3.63, 3.8) is 0 Å². The summed E-state index contributed by atoms with van der Waals surface area (Å²) in [4.78, 5) is 27.1. The fraction of sp³-hybridized carbons (Fsp3) is 0.636. The molecule has 1 aromatic carbocycles. The van der Waals surface area contributed by atoms with Gasteiger partial charge in [-0.1, -0.05) is 37.5 Å². The molecule has 2 N–H and O–H groups in total. The zero-order chi connectivity index (χ0) is 18.8. The van der Waals surface area contributed by atoms with Crippen molar-refractivity contribution >= 4 is 17.4 Å². The predicted octanol–water partition coefficient (Wildman–Crippen LogP) is 2.53. The SMILES string of the molecule is O=C1CC2C(NCC(=O)N(c3ccccc3)C3CCCCC3)CC1C2CO. The van der Waals surface area contributed by atoms with E-state index in [1.807, 2.05) is 35.2 Å². The molecule has 5 nitrogen and oxygen atoms in total. The first-order valence-electron chi connectivity index (χ1n) is 10.4. The van der Waals surface area contributed by atoms with Crippen LogP contribution in [0.25, 0.3) is 0 Å². The van der Waals surface area contributed by atoms with Gasteiger partial charge in [-0.05, 0) is 43.2 Å². The van der Waals surface area contributed by atoms with E-state index in [0.29, 0.717) is 13.0 Å². The largest absolute Gasteiger partial charge is 0.396 e. The van der Waals surface area contributed by atoms with Gasteiger partial charge in [0.25, 0.3) is 0 Å². The van der Waals surface area contributed by atoms with Gasteiger partial charge in [0.05, 0.1) is 6.54 Å². The Morgan fingerprint density at radius 2 is 1.89 bits per heavy atom. The van der Waals surface area contributed by atoms with Crippen LogP contribution < -0.4 is 10.2 Å². The summed E-state index contributed by atoms with van der Waals surface area (Å²) in [5.74, 6) is 0.643. The van der Waals surface area contributed by atoms with Crippen molar-refractivity contribution in [1.29, 1.82) is 0 Å². The van der Waals surface area contributed by atoms with Crippen LogP contribution in [0.1, 0.15) is 44.9 Å². The molecule has 0 heterocycles. The summed E-state index contributed by atoms with van der Waals surface area (Å²) in [7, 11) is 0. The molecule has 3 fully saturated rings. The summed E-state index contributed by atoms with van der Waals surface area (Å²) in [6.45, 7) is 0.372. The van der Waals surface area contributed by atoms with Crippen molar-refractivity contribution in [2.75, 3.05) is 18.1 Å². The number of amides is 1. The fourth-order valence-corrected chi connectivity index (χ4v) is 5.55. The molecule has 2 bridgehead atoms. The number of benzene rings is 1. The highest BCUT2D eigenvalue weighted by atomic mass is 16.3. The summed E-state index contributed by atoms with van der Waals surface area (Å²) in [6, 6.07) is 10.4. The van der Waals surface area contributed by atoms with E-state index >= 15 is 0 Å². The molecule has 3 aliphatic rings. The number of hydrogen-bond acceptors (Lipinski definition) is 4. The Morgan fingerprint density at radius 3 is 2.56 bits per heavy atom. The van der Waals surface area contributed by atoms with Crippen molar-refractivity contribution < 1.29 is 14.7 Å². The molecule has 5 heteroatoms. The average Bonchev–Trinajstić information content (AvgIpc) is 3.21. The lowest BCUT2D eigenvalue weighted by Gasteiger charge is -2.35. The topological polar surface area (TPSA) is 69.6 Å². The molecule has 0 radical (unpaired) electrons. The Labute approximate surface area is 161 Å². The van der Waals surface area contributed by atoms with Gasteiger partial charge < -0.3 is 15.3 Å². The van der Waals surface area contributed by atoms with Gasteiger partial charge >= 0.3 is 0 Å². The van der Waals surface area contributed by atoms with Gasteiger partial charge in [0.2, 0.25) is 5.91 Å². The minimum atomic E-state index is -0.0174. The van der Waals surface area contributed by atoms with E-state index in [0.717, 1.165) is 24.9 Å². The number of nitrogens with one attached hydrogen (secondary N) is 1. The highest BCUT2D eigenvalue weighted by molar-refractivity contribution is 5.95. The first-order chi connectivity index (χ1) is 13.2.